The van der Waals surface area contributed by atoms with Crippen LogP contribution in [0, 0.1) is 5.92 Å². The molecule has 0 saturated carbocycles. The fourth-order valence-corrected chi connectivity index (χ4v) is 3.56. The molecule has 0 bridgehead atoms. The van der Waals surface area contributed by atoms with E-state index in [1.54, 1.807) is 7.11 Å². The molecule has 2 rings (SSSR count). The molecule has 1 heterocycles. The van der Waals surface area contributed by atoms with Gasteiger partial charge in [-0.25, -0.2) is 0 Å². The number of aliphatic imine (C=N–C) groups is 1. The van der Waals surface area contributed by atoms with Crippen LogP contribution in [0.4, 0.5) is 0 Å². The highest BCUT2D eigenvalue weighted by molar-refractivity contribution is 14.0. The molecule has 178 valence electrons. The van der Waals surface area contributed by atoms with Crippen LogP contribution >= 0.6 is 24.0 Å². The molecule has 1 aliphatic heterocycles. The summed E-state index contributed by atoms with van der Waals surface area (Å²) in [5, 5.41) is 6.74. The van der Waals surface area contributed by atoms with E-state index in [9.17, 15) is 0 Å². The quantitative estimate of drug-likeness (QED) is 0.253. The average Bonchev–Trinajstić information content (AvgIpc) is 2.76. The highest BCUT2D eigenvalue weighted by Gasteiger charge is 2.17. The minimum absolute atomic E-state index is 0. The minimum Gasteiger partial charge on any atom is -0.497 e. The summed E-state index contributed by atoms with van der Waals surface area (Å²) in [6, 6.07) is 7.69. The third-order valence-electron chi connectivity index (χ3n) is 5.32. The normalized spacial score (nSPS) is 17.4. The molecule has 0 radical (unpaired) electrons. The van der Waals surface area contributed by atoms with Crippen LogP contribution in [0.5, 0.6) is 11.5 Å². The van der Waals surface area contributed by atoms with Gasteiger partial charge in [-0.2, -0.15) is 0 Å². The van der Waals surface area contributed by atoms with Gasteiger partial charge in [-0.1, -0.05) is 19.9 Å². The summed E-state index contributed by atoms with van der Waals surface area (Å²) in [6.07, 6.45) is 0.00764. The van der Waals surface area contributed by atoms with Gasteiger partial charge in [0.2, 0.25) is 0 Å². The predicted molar refractivity (Wildman–Crippen MR) is 140 cm³/mol. The zero-order valence-corrected chi connectivity index (χ0v) is 22.2. The van der Waals surface area contributed by atoms with Crippen molar-refractivity contribution in [2.24, 2.45) is 10.9 Å². The van der Waals surface area contributed by atoms with Crippen LogP contribution in [0.2, 0.25) is 0 Å². The number of benzene rings is 1. The van der Waals surface area contributed by atoms with E-state index in [4.69, 9.17) is 14.5 Å². The first-order valence-corrected chi connectivity index (χ1v) is 11.3. The van der Waals surface area contributed by atoms with Crippen molar-refractivity contribution in [3.05, 3.63) is 24.3 Å². The van der Waals surface area contributed by atoms with E-state index in [1.807, 2.05) is 24.3 Å². The smallest absolute Gasteiger partial charge is 0.191 e. The molecule has 0 aliphatic carbocycles. The molecule has 7 nitrogen and oxygen atoms in total. The Morgan fingerprint density at radius 2 is 1.74 bits per heavy atom. The Hall–Kier alpha value is -1.26. The number of likely N-dealkylation sites (N-methyl/N-ethyl adjacent to an activating group) is 1. The second kappa shape index (κ2) is 15.5. The second-order valence-corrected chi connectivity index (χ2v) is 8.05. The van der Waals surface area contributed by atoms with Gasteiger partial charge >= 0.3 is 0 Å². The van der Waals surface area contributed by atoms with Gasteiger partial charge in [0.25, 0.3) is 0 Å². The van der Waals surface area contributed by atoms with E-state index in [-0.39, 0.29) is 30.1 Å². The Bertz CT molecular complexity index is 638. The lowest BCUT2D eigenvalue weighted by Crippen LogP contribution is -2.47. The molecule has 2 N–H and O–H groups in total. The number of piperazine rings is 1. The van der Waals surface area contributed by atoms with Crippen molar-refractivity contribution in [1.29, 1.82) is 0 Å². The zero-order valence-electron chi connectivity index (χ0n) is 19.9. The van der Waals surface area contributed by atoms with Gasteiger partial charge in [0.15, 0.2) is 5.96 Å². The number of methoxy groups -OCH3 is 1. The Morgan fingerprint density at radius 3 is 2.39 bits per heavy atom. The first-order chi connectivity index (χ1) is 14.5. The summed E-state index contributed by atoms with van der Waals surface area (Å²) in [7, 11) is 1.66. The number of hydrogen-bond acceptors (Lipinski definition) is 5. The number of rotatable bonds is 11. The number of nitrogens with one attached hydrogen (secondary N) is 2. The molecule has 8 heteroatoms. The fraction of sp³-hybridized carbons (Fsp3) is 0.696. The molecular formula is C23H42IN5O2. The lowest BCUT2D eigenvalue weighted by molar-refractivity contribution is 0.125. The molecular weight excluding hydrogens is 505 g/mol. The van der Waals surface area contributed by atoms with E-state index >= 15 is 0 Å². The maximum absolute atomic E-state index is 5.99. The standard InChI is InChI=1S/C23H41N5O2.HI/c1-6-24-23(25-16-19(3)18-28-13-11-27(7-2)12-14-28)26-17-20(4)30-22-10-8-9-21(15-22)29-5;/h8-10,15,19-20H,6-7,11-14,16-18H2,1-5H3,(H2,24,25,26);1H. The monoisotopic (exact) mass is 547 g/mol. The third kappa shape index (κ3) is 10.7. The van der Waals surface area contributed by atoms with Gasteiger partial charge in [-0.15, -0.1) is 24.0 Å². The van der Waals surface area contributed by atoms with Crippen LogP contribution in [0.25, 0.3) is 0 Å². The molecule has 1 aromatic rings. The van der Waals surface area contributed by atoms with E-state index in [0.29, 0.717) is 12.5 Å². The maximum Gasteiger partial charge on any atom is 0.191 e. The average molecular weight is 548 g/mol. The zero-order chi connectivity index (χ0) is 21.8. The van der Waals surface area contributed by atoms with Crippen LogP contribution < -0.4 is 20.1 Å². The van der Waals surface area contributed by atoms with Crippen LogP contribution in [-0.2, 0) is 0 Å². The molecule has 1 aromatic carbocycles. The molecule has 2 atom stereocenters. The summed E-state index contributed by atoms with van der Waals surface area (Å²) >= 11 is 0. The second-order valence-electron chi connectivity index (χ2n) is 8.05. The van der Waals surface area contributed by atoms with Gasteiger partial charge in [-0.3, -0.25) is 4.99 Å². The highest BCUT2D eigenvalue weighted by Crippen LogP contribution is 2.19. The SMILES string of the molecule is CCNC(=NCC(C)CN1CCN(CC)CC1)NCC(C)Oc1cccc(OC)c1.I. The Balaban J connectivity index is 0.00000480. The van der Waals surface area contributed by atoms with Gasteiger partial charge < -0.3 is 29.9 Å². The molecule has 1 aliphatic rings. The van der Waals surface area contributed by atoms with Gasteiger partial charge in [0, 0.05) is 51.9 Å². The summed E-state index contributed by atoms with van der Waals surface area (Å²) in [5.74, 6) is 2.98. The number of guanidine groups is 1. The molecule has 31 heavy (non-hydrogen) atoms. The highest BCUT2D eigenvalue weighted by atomic mass is 127. The van der Waals surface area contributed by atoms with Gasteiger partial charge in [-0.05, 0) is 38.4 Å². The number of halogens is 1. The van der Waals surface area contributed by atoms with Gasteiger partial charge in [0.1, 0.15) is 17.6 Å². The summed E-state index contributed by atoms with van der Waals surface area (Å²) < 4.78 is 11.2. The largest absolute Gasteiger partial charge is 0.497 e. The van der Waals surface area contributed by atoms with E-state index in [1.165, 1.54) is 26.2 Å². The fourth-order valence-electron chi connectivity index (χ4n) is 3.56. The Labute approximate surface area is 206 Å². The van der Waals surface area contributed by atoms with Crippen LogP contribution in [0.3, 0.4) is 0 Å². The van der Waals surface area contributed by atoms with Crippen molar-refractivity contribution in [2.45, 2.75) is 33.8 Å². The molecule has 2 unspecified atom stereocenters. The minimum atomic E-state index is 0. The predicted octanol–water partition coefficient (Wildman–Crippen LogP) is 2.91. The molecule has 1 fully saturated rings. The lowest BCUT2D eigenvalue weighted by Gasteiger charge is -2.35. The maximum atomic E-state index is 5.99. The molecule has 0 aromatic heterocycles. The van der Waals surface area contributed by atoms with Crippen molar-refractivity contribution in [3.8, 4) is 11.5 Å². The first kappa shape index (κ1) is 27.8. The Morgan fingerprint density at radius 1 is 1.06 bits per heavy atom. The van der Waals surface area contributed by atoms with Crippen LogP contribution in [-0.4, -0.2) is 87.9 Å². The first-order valence-electron chi connectivity index (χ1n) is 11.3. The topological polar surface area (TPSA) is 61.4 Å². The van der Waals surface area contributed by atoms with Crippen molar-refractivity contribution in [1.82, 2.24) is 20.4 Å². The van der Waals surface area contributed by atoms with Crippen LogP contribution in [0.1, 0.15) is 27.7 Å². The lowest BCUT2D eigenvalue weighted by atomic mass is 10.1. The van der Waals surface area contributed by atoms with Crippen LogP contribution in [0.15, 0.2) is 29.3 Å². The number of hydrogen-bond donors (Lipinski definition) is 2. The third-order valence-corrected chi connectivity index (χ3v) is 5.32. The number of nitrogens with zero attached hydrogens (tertiary/aromatic N) is 3. The van der Waals surface area contributed by atoms with Crippen molar-refractivity contribution < 1.29 is 9.47 Å². The molecule has 1 saturated heterocycles. The van der Waals surface area contributed by atoms with Crippen molar-refractivity contribution in [2.75, 3.05) is 66.0 Å². The van der Waals surface area contributed by atoms with E-state index in [0.717, 1.165) is 43.6 Å². The Kier molecular flexibility index (Phi) is 13.9. The molecule has 0 spiro atoms. The summed E-state index contributed by atoms with van der Waals surface area (Å²) in [6.45, 7) is 18.0. The summed E-state index contributed by atoms with van der Waals surface area (Å²) in [4.78, 5) is 9.88. The number of ether oxygens (including phenoxy) is 2. The molecule has 0 amide bonds. The van der Waals surface area contributed by atoms with E-state index < -0.39 is 0 Å². The van der Waals surface area contributed by atoms with Crippen molar-refractivity contribution in [3.63, 3.8) is 0 Å². The summed E-state index contributed by atoms with van der Waals surface area (Å²) in [5.41, 5.74) is 0. The van der Waals surface area contributed by atoms with E-state index in [2.05, 4.69) is 48.1 Å². The van der Waals surface area contributed by atoms with Gasteiger partial charge in [0.05, 0.1) is 13.7 Å². The van der Waals surface area contributed by atoms with Crippen molar-refractivity contribution >= 4 is 29.9 Å².